The highest BCUT2D eigenvalue weighted by atomic mass is 32.2. The largest absolute Gasteiger partial charge is 0.391 e. The van der Waals surface area contributed by atoms with Gasteiger partial charge in [-0.3, -0.25) is 0 Å². The number of aryl methyl sites for hydroxylation is 1. The maximum absolute atomic E-state index is 11.5. The Bertz CT molecular complexity index is 496. The summed E-state index contributed by atoms with van der Waals surface area (Å²) < 4.78 is 27.9. The number of benzene rings is 1. The van der Waals surface area contributed by atoms with E-state index in [2.05, 4.69) is 5.92 Å². The molecular weight excluding hydrogens is 240 g/mol. The monoisotopic (exact) mass is 254 g/mol. The average Bonchev–Trinajstić information content (AvgIpc) is 2.20. The molecule has 5 heteroatoms. The zero-order valence-electron chi connectivity index (χ0n) is 9.46. The van der Waals surface area contributed by atoms with Crippen LogP contribution in [0.1, 0.15) is 12.0 Å². The number of rotatable bonds is 5. The third-order valence-corrected chi connectivity index (χ3v) is 3.23. The molecule has 1 atom stereocenters. The topological polar surface area (TPSA) is 63.6 Å². The Balaban J connectivity index is 2.67. The summed E-state index contributed by atoms with van der Waals surface area (Å²) in [7, 11) is -3.81. The Morgan fingerprint density at radius 1 is 1.41 bits per heavy atom. The van der Waals surface area contributed by atoms with Crippen LogP contribution < -0.4 is 4.18 Å². The van der Waals surface area contributed by atoms with Crippen molar-refractivity contribution in [3.8, 4) is 18.1 Å². The first-order valence-corrected chi connectivity index (χ1v) is 6.61. The summed E-state index contributed by atoms with van der Waals surface area (Å²) in [6, 6.07) is 6.59. The van der Waals surface area contributed by atoms with Crippen LogP contribution >= 0.6 is 0 Å². The molecule has 92 valence electrons. The molecule has 1 N–H and O–H groups in total. The summed E-state index contributed by atoms with van der Waals surface area (Å²) in [5.41, 5.74) is 1.00. The molecule has 0 heterocycles. The van der Waals surface area contributed by atoms with E-state index in [1.54, 1.807) is 24.3 Å². The molecule has 0 saturated carbocycles. The predicted octanol–water partition coefficient (Wildman–Crippen LogP) is 1.09. The number of hydrogen-bond donors (Lipinski definition) is 1. The number of aliphatic hydroxyl groups is 1. The third kappa shape index (κ3) is 4.89. The Kier molecular flexibility index (Phi) is 4.55. The van der Waals surface area contributed by atoms with Gasteiger partial charge in [0.05, 0.1) is 6.10 Å². The van der Waals surface area contributed by atoms with Crippen molar-refractivity contribution in [3.05, 3.63) is 29.8 Å². The summed E-state index contributed by atoms with van der Waals surface area (Å²) in [4.78, 5) is 0. The van der Waals surface area contributed by atoms with Gasteiger partial charge in [-0.1, -0.05) is 17.7 Å². The standard InChI is InChI=1S/C12H14O4S/c1-3-4-11(13)9-17(14,15)16-12-7-5-10(2)6-8-12/h1,5-8,11,13H,4,9H2,2H3. The molecule has 0 saturated heterocycles. The van der Waals surface area contributed by atoms with E-state index in [0.717, 1.165) is 5.56 Å². The number of terminal acetylenes is 1. The molecule has 0 aliphatic heterocycles. The second-order valence-corrected chi connectivity index (χ2v) is 5.30. The van der Waals surface area contributed by atoms with Crippen molar-refractivity contribution < 1.29 is 17.7 Å². The molecule has 4 nitrogen and oxygen atoms in total. The zero-order chi connectivity index (χ0) is 12.9. The molecule has 1 rings (SSSR count). The second kappa shape index (κ2) is 5.71. The summed E-state index contributed by atoms with van der Waals surface area (Å²) >= 11 is 0. The highest BCUT2D eigenvalue weighted by Gasteiger charge is 2.18. The number of aliphatic hydroxyl groups excluding tert-OH is 1. The van der Waals surface area contributed by atoms with Crippen LogP contribution in [0.2, 0.25) is 0 Å². The smallest absolute Gasteiger partial charge is 0.311 e. The average molecular weight is 254 g/mol. The van der Waals surface area contributed by atoms with Crippen molar-refractivity contribution in [1.82, 2.24) is 0 Å². The Morgan fingerprint density at radius 3 is 2.53 bits per heavy atom. The summed E-state index contributed by atoms with van der Waals surface area (Å²) in [6.07, 6.45) is 3.85. The lowest BCUT2D eigenvalue weighted by Crippen LogP contribution is -2.24. The van der Waals surface area contributed by atoms with Crippen molar-refractivity contribution in [2.24, 2.45) is 0 Å². The molecule has 0 amide bonds. The highest BCUT2D eigenvalue weighted by molar-refractivity contribution is 7.87. The molecular formula is C12H14O4S. The highest BCUT2D eigenvalue weighted by Crippen LogP contribution is 2.14. The normalized spacial score (nSPS) is 12.8. The van der Waals surface area contributed by atoms with E-state index in [1.165, 1.54) is 0 Å². The van der Waals surface area contributed by atoms with Gasteiger partial charge in [0.1, 0.15) is 11.5 Å². The van der Waals surface area contributed by atoms with Crippen molar-refractivity contribution in [3.63, 3.8) is 0 Å². The first kappa shape index (κ1) is 13.6. The Labute approximate surface area is 101 Å². The third-order valence-electron chi connectivity index (χ3n) is 1.99. The Hall–Kier alpha value is -1.51. The van der Waals surface area contributed by atoms with Crippen molar-refractivity contribution in [1.29, 1.82) is 0 Å². The molecule has 0 aliphatic rings. The molecule has 0 aromatic heterocycles. The fraction of sp³-hybridized carbons (Fsp3) is 0.333. The zero-order valence-corrected chi connectivity index (χ0v) is 10.3. The van der Waals surface area contributed by atoms with Gasteiger partial charge in [0.2, 0.25) is 0 Å². The van der Waals surface area contributed by atoms with Gasteiger partial charge in [0, 0.05) is 6.42 Å². The lowest BCUT2D eigenvalue weighted by molar-refractivity contribution is 0.201. The molecule has 1 aromatic rings. The molecule has 0 spiro atoms. The van der Waals surface area contributed by atoms with Gasteiger partial charge in [-0.2, -0.15) is 8.42 Å². The lowest BCUT2D eigenvalue weighted by Gasteiger charge is -2.09. The van der Waals surface area contributed by atoms with Gasteiger partial charge in [-0.15, -0.1) is 12.3 Å². The van der Waals surface area contributed by atoms with Crippen LogP contribution in [-0.4, -0.2) is 25.4 Å². The molecule has 0 radical (unpaired) electrons. The fourth-order valence-electron chi connectivity index (χ4n) is 1.21. The van der Waals surface area contributed by atoms with Crippen LogP contribution in [0.3, 0.4) is 0 Å². The van der Waals surface area contributed by atoms with E-state index in [9.17, 15) is 13.5 Å². The maximum atomic E-state index is 11.5. The predicted molar refractivity (Wildman–Crippen MR) is 65.1 cm³/mol. The van der Waals surface area contributed by atoms with E-state index < -0.39 is 22.0 Å². The molecule has 0 fully saturated rings. The van der Waals surface area contributed by atoms with Crippen LogP contribution in [-0.2, 0) is 10.1 Å². The van der Waals surface area contributed by atoms with Gasteiger partial charge in [0.25, 0.3) is 0 Å². The Morgan fingerprint density at radius 2 is 2.00 bits per heavy atom. The molecule has 0 aliphatic carbocycles. The van der Waals surface area contributed by atoms with E-state index in [0.29, 0.717) is 0 Å². The maximum Gasteiger partial charge on any atom is 0.311 e. The first-order chi connectivity index (χ1) is 7.93. The summed E-state index contributed by atoms with van der Waals surface area (Å²) in [6.45, 7) is 1.88. The quantitative estimate of drug-likeness (QED) is 0.631. The first-order valence-electron chi connectivity index (χ1n) is 5.03. The SMILES string of the molecule is C#CCC(O)CS(=O)(=O)Oc1ccc(C)cc1. The van der Waals surface area contributed by atoms with Crippen LogP contribution in [0.5, 0.6) is 5.75 Å². The summed E-state index contributed by atoms with van der Waals surface area (Å²) in [5.74, 6) is 1.91. The van der Waals surface area contributed by atoms with E-state index in [-0.39, 0.29) is 12.2 Å². The van der Waals surface area contributed by atoms with E-state index in [1.807, 2.05) is 6.92 Å². The fourth-order valence-corrected chi connectivity index (χ4v) is 2.27. The molecule has 17 heavy (non-hydrogen) atoms. The van der Waals surface area contributed by atoms with Gasteiger partial charge < -0.3 is 9.29 Å². The molecule has 0 bridgehead atoms. The van der Waals surface area contributed by atoms with Crippen molar-refractivity contribution in [2.75, 3.05) is 5.75 Å². The lowest BCUT2D eigenvalue weighted by atomic mass is 10.2. The van der Waals surface area contributed by atoms with Crippen molar-refractivity contribution >= 4 is 10.1 Å². The molecule has 1 aromatic carbocycles. The minimum absolute atomic E-state index is 0.0174. The van der Waals surface area contributed by atoms with Crippen LogP contribution in [0.25, 0.3) is 0 Å². The van der Waals surface area contributed by atoms with Crippen LogP contribution in [0.15, 0.2) is 24.3 Å². The summed E-state index contributed by atoms with van der Waals surface area (Å²) in [5, 5.41) is 9.31. The van der Waals surface area contributed by atoms with Gasteiger partial charge in [-0.25, -0.2) is 0 Å². The van der Waals surface area contributed by atoms with E-state index >= 15 is 0 Å². The number of hydrogen-bond acceptors (Lipinski definition) is 4. The van der Waals surface area contributed by atoms with Gasteiger partial charge in [0.15, 0.2) is 0 Å². The van der Waals surface area contributed by atoms with Gasteiger partial charge >= 0.3 is 10.1 Å². The van der Waals surface area contributed by atoms with Gasteiger partial charge in [-0.05, 0) is 19.1 Å². The van der Waals surface area contributed by atoms with Crippen molar-refractivity contribution in [2.45, 2.75) is 19.4 Å². The second-order valence-electron chi connectivity index (χ2n) is 3.68. The minimum atomic E-state index is -3.81. The molecule has 1 unspecified atom stereocenters. The van der Waals surface area contributed by atoms with E-state index in [4.69, 9.17) is 10.6 Å². The van der Waals surface area contributed by atoms with Crippen LogP contribution in [0.4, 0.5) is 0 Å². The van der Waals surface area contributed by atoms with Crippen LogP contribution in [0, 0.1) is 19.3 Å². The minimum Gasteiger partial charge on any atom is -0.391 e.